The summed E-state index contributed by atoms with van der Waals surface area (Å²) >= 11 is 3.42. The monoisotopic (exact) mass is 344 g/mol. The van der Waals surface area contributed by atoms with Crippen molar-refractivity contribution in [2.75, 3.05) is 11.9 Å². The minimum absolute atomic E-state index is 0.00193. The maximum Gasteiger partial charge on any atom is 0.256 e. The molecule has 0 aromatic heterocycles. The number of aryl methyl sites for hydroxylation is 1. The Labute approximate surface area is 131 Å². The lowest BCUT2D eigenvalue weighted by atomic mass is 10.1. The molecule has 0 heterocycles. The van der Waals surface area contributed by atoms with E-state index < -0.39 is 0 Å². The number of hydrogen-bond donors (Lipinski definition) is 1. The summed E-state index contributed by atoms with van der Waals surface area (Å²) in [4.78, 5) is 12.2. The number of carbonyl (C=O) groups is 1. The Morgan fingerprint density at radius 3 is 2.67 bits per heavy atom. The molecule has 21 heavy (non-hydrogen) atoms. The van der Waals surface area contributed by atoms with Crippen molar-refractivity contribution in [3.63, 3.8) is 0 Å². The molecule has 0 atom stereocenters. The Kier molecular flexibility index (Phi) is 4.96. The Balaban J connectivity index is 2.09. The molecule has 0 aliphatic rings. The van der Waals surface area contributed by atoms with E-state index in [1.54, 1.807) is 30.3 Å². The second-order valence-electron chi connectivity index (χ2n) is 4.36. The zero-order chi connectivity index (χ0) is 15.2. The number of hydrogen-bond acceptors (Lipinski definition) is 3. The molecular formula is C16H13BrN2O2. The lowest BCUT2D eigenvalue weighted by molar-refractivity contribution is 0.102. The molecule has 0 bridgehead atoms. The second-order valence-corrected chi connectivity index (χ2v) is 5.15. The molecule has 0 spiro atoms. The van der Waals surface area contributed by atoms with Crippen molar-refractivity contribution in [2.45, 2.75) is 6.92 Å². The molecule has 0 saturated carbocycles. The van der Waals surface area contributed by atoms with E-state index in [4.69, 9.17) is 10.00 Å². The Bertz CT molecular complexity index is 690. The number of amides is 1. The van der Waals surface area contributed by atoms with Gasteiger partial charge in [-0.1, -0.05) is 12.1 Å². The second kappa shape index (κ2) is 6.91. The number of benzene rings is 2. The van der Waals surface area contributed by atoms with E-state index in [9.17, 15) is 4.79 Å². The van der Waals surface area contributed by atoms with Crippen molar-refractivity contribution in [2.24, 2.45) is 0 Å². The number of carbonyl (C=O) groups excluding carboxylic acids is 1. The fourth-order valence-electron chi connectivity index (χ4n) is 1.77. The smallest absolute Gasteiger partial charge is 0.256 e. The fourth-order valence-corrected chi connectivity index (χ4v) is 2.22. The highest BCUT2D eigenvalue weighted by atomic mass is 79.9. The van der Waals surface area contributed by atoms with Gasteiger partial charge in [-0.05, 0) is 58.7 Å². The summed E-state index contributed by atoms with van der Waals surface area (Å²) in [7, 11) is 0. The van der Waals surface area contributed by atoms with Crippen LogP contribution in [-0.2, 0) is 0 Å². The first-order valence-corrected chi connectivity index (χ1v) is 7.07. The van der Waals surface area contributed by atoms with Crippen molar-refractivity contribution in [1.82, 2.24) is 0 Å². The highest BCUT2D eigenvalue weighted by molar-refractivity contribution is 9.10. The minimum Gasteiger partial charge on any atom is -0.479 e. The summed E-state index contributed by atoms with van der Waals surface area (Å²) in [6.45, 7) is 1.93. The lowest BCUT2D eigenvalue weighted by Gasteiger charge is -2.09. The zero-order valence-corrected chi connectivity index (χ0v) is 13.0. The van der Waals surface area contributed by atoms with Gasteiger partial charge in [0.05, 0.1) is 5.56 Å². The van der Waals surface area contributed by atoms with Crippen LogP contribution in [0.5, 0.6) is 5.75 Å². The van der Waals surface area contributed by atoms with Crippen LogP contribution in [0, 0.1) is 18.3 Å². The van der Waals surface area contributed by atoms with Crippen molar-refractivity contribution < 1.29 is 9.53 Å². The largest absolute Gasteiger partial charge is 0.479 e. The van der Waals surface area contributed by atoms with Crippen molar-refractivity contribution in [3.8, 4) is 11.8 Å². The summed E-state index contributed by atoms with van der Waals surface area (Å²) < 4.78 is 5.94. The highest BCUT2D eigenvalue weighted by Gasteiger charge is 2.11. The average molecular weight is 345 g/mol. The van der Waals surface area contributed by atoms with Crippen molar-refractivity contribution in [1.29, 1.82) is 5.26 Å². The number of nitrogens with zero attached hydrogens (tertiary/aromatic N) is 1. The van der Waals surface area contributed by atoms with Crippen LogP contribution in [0.2, 0.25) is 0 Å². The van der Waals surface area contributed by atoms with E-state index >= 15 is 0 Å². The molecule has 0 saturated heterocycles. The molecule has 2 aromatic carbocycles. The number of nitriles is 1. The van der Waals surface area contributed by atoms with Gasteiger partial charge in [-0.3, -0.25) is 4.79 Å². The van der Waals surface area contributed by atoms with Gasteiger partial charge in [0, 0.05) is 10.2 Å². The van der Waals surface area contributed by atoms with Gasteiger partial charge in [-0.2, -0.15) is 5.26 Å². The molecule has 0 fully saturated rings. The average Bonchev–Trinajstić information content (AvgIpc) is 2.49. The summed E-state index contributed by atoms with van der Waals surface area (Å²) in [6, 6.07) is 14.3. The van der Waals surface area contributed by atoms with E-state index in [0.29, 0.717) is 17.0 Å². The molecule has 106 valence electrons. The van der Waals surface area contributed by atoms with Gasteiger partial charge in [-0.25, -0.2) is 0 Å². The van der Waals surface area contributed by atoms with Gasteiger partial charge in [0.25, 0.3) is 5.91 Å². The molecular weight excluding hydrogens is 332 g/mol. The van der Waals surface area contributed by atoms with E-state index in [1.807, 2.05) is 25.1 Å². The summed E-state index contributed by atoms with van der Waals surface area (Å²) in [5, 5.41) is 11.3. The van der Waals surface area contributed by atoms with Crippen LogP contribution < -0.4 is 10.1 Å². The zero-order valence-electron chi connectivity index (χ0n) is 11.4. The topological polar surface area (TPSA) is 62.1 Å². The quantitative estimate of drug-likeness (QED) is 0.914. The molecule has 0 aliphatic carbocycles. The summed E-state index contributed by atoms with van der Waals surface area (Å²) in [6.07, 6.45) is 0. The molecule has 0 unspecified atom stereocenters. The molecule has 1 N–H and O–H groups in total. The third kappa shape index (κ3) is 3.83. The minimum atomic E-state index is -0.184. The Morgan fingerprint density at radius 2 is 2.00 bits per heavy atom. The highest BCUT2D eigenvalue weighted by Crippen LogP contribution is 2.23. The van der Waals surface area contributed by atoms with Crippen LogP contribution in [0.4, 0.5) is 5.69 Å². The van der Waals surface area contributed by atoms with Gasteiger partial charge >= 0.3 is 0 Å². The first-order valence-electron chi connectivity index (χ1n) is 6.28. The predicted molar refractivity (Wildman–Crippen MR) is 84.4 cm³/mol. The Hall–Kier alpha value is -2.32. The van der Waals surface area contributed by atoms with Crippen molar-refractivity contribution >= 4 is 27.5 Å². The third-order valence-corrected chi connectivity index (χ3v) is 3.90. The van der Waals surface area contributed by atoms with Crippen LogP contribution in [0.25, 0.3) is 0 Å². The number of anilines is 1. The van der Waals surface area contributed by atoms with E-state index in [1.165, 1.54) is 0 Å². The molecule has 5 heteroatoms. The van der Waals surface area contributed by atoms with Crippen LogP contribution >= 0.6 is 15.9 Å². The molecule has 2 aromatic rings. The van der Waals surface area contributed by atoms with E-state index in [-0.39, 0.29) is 12.5 Å². The Morgan fingerprint density at radius 1 is 1.29 bits per heavy atom. The maximum atomic E-state index is 12.2. The number of rotatable bonds is 4. The van der Waals surface area contributed by atoms with E-state index in [0.717, 1.165) is 10.0 Å². The van der Waals surface area contributed by atoms with Crippen LogP contribution in [0.15, 0.2) is 46.9 Å². The third-order valence-electron chi connectivity index (χ3n) is 2.85. The van der Waals surface area contributed by atoms with Gasteiger partial charge in [0.1, 0.15) is 11.8 Å². The van der Waals surface area contributed by atoms with Gasteiger partial charge in [0.15, 0.2) is 6.61 Å². The van der Waals surface area contributed by atoms with Gasteiger partial charge in [0.2, 0.25) is 0 Å². The van der Waals surface area contributed by atoms with Gasteiger partial charge in [-0.15, -0.1) is 0 Å². The number of nitrogens with one attached hydrogen (secondary N) is 1. The molecule has 2 rings (SSSR count). The number of ether oxygens (including phenoxy) is 1. The normalized spacial score (nSPS) is 9.76. The fraction of sp³-hybridized carbons (Fsp3) is 0.125. The summed E-state index contributed by atoms with van der Waals surface area (Å²) in [5.41, 5.74) is 2.25. The predicted octanol–water partition coefficient (Wildman–Crippen LogP) is 3.91. The standard InChI is InChI=1S/C16H13BrN2O2/c1-11-3-2-4-14(15(11)17)16(20)19-12-5-7-13(8-6-12)21-10-9-18/h2-8H,10H2,1H3,(H,19,20). The molecule has 0 radical (unpaired) electrons. The van der Waals surface area contributed by atoms with E-state index in [2.05, 4.69) is 21.2 Å². The SMILES string of the molecule is Cc1cccc(C(=O)Nc2ccc(OCC#N)cc2)c1Br. The van der Waals surface area contributed by atoms with Gasteiger partial charge < -0.3 is 10.1 Å². The summed E-state index contributed by atoms with van der Waals surface area (Å²) in [5.74, 6) is 0.405. The first-order chi connectivity index (χ1) is 10.1. The number of halogens is 1. The molecule has 1 amide bonds. The maximum absolute atomic E-state index is 12.2. The molecule has 0 aliphatic heterocycles. The molecule has 4 nitrogen and oxygen atoms in total. The lowest BCUT2D eigenvalue weighted by Crippen LogP contribution is -2.12. The van der Waals surface area contributed by atoms with Crippen LogP contribution in [0.3, 0.4) is 0 Å². The van der Waals surface area contributed by atoms with Crippen LogP contribution in [-0.4, -0.2) is 12.5 Å². The first kappa shape index (κ1) is 15.1. The van der Waals surface area contributed by atoms with Crippen molar-refractivity contribution in [3.05, 3.63) is 58.1 Å². The van der Waals surface area contributed by atoms with Crippen LogP contribution in [0.1, 0.15) is 15.9 Å².